The lowest BCUT2D eigenvalue weighted by atomic mass is 10.2. The molecular weight excluding hydrogens is 396 g/mol. The second-order valence-electron chi connectivity index (χ2n) is 6.11. The van der Waals surface area contributed by atoms with Gasteiger partial charge in [0.15, 0.2) is 5.03 Å². The summed E-state index contributed by atoms with van der Waals surface area (Å²) in [5, 5.41) is 8.25. The molecule has 0 unspecified atom stereocenters. The Hall–Kier alpha value is -3.66. The normalized spacial score (nSPS) is 11.0. The van der Waals surface area contributed by atoms with Crippen molar-refractivity contribution >= 4 is 33.3 Å². The van der Waals surface area contributed by atoms with E-state index in [1.165, 1.54) is 31.4 Å². The van der Waals surface area contributed by atoms with Crippen molar-refractivity contribution in [1.29, 1.82) is 0 Å². The van der Waals surface area contributed by atoms with Crippen molar-refractivity contribution in [3.8, 4) is 0 Å². The number of amides is 1. The quantitative estimate of drug-likeness (QED) is 0.532. The van der Waals surface area contributed by atoms with Crippen LogP contribution in [0.3, 0.4) is 0 Å². The van der Waals surface area contributed by atoms with E-state index in [4.69, 9.17) is 0 Å². The summed E-state index contributed by atoms with van der Waals surface area (Å²) < 4.78 is 32.3. The zero-order chi connectivity index (χ0) is 21.0. The largest absolute Gasteiger partial charge is 0.465 e. The van der Waals surface area contributed by atoms with Crippen LogP contribution in [0.15, 0.2) is 59.8 Å². The average Bonchev–Trinajstić information content (AvgIpc) is 3.21. The number of nitrogens with zero attached hydrogens (tertiary/aromatic N) is 1. The highest BCUT2D eigenvalue weighted by molar-refractivity contribution is 7.92. The number of rotatable bonds is 6. The number of nitrogens with one attached hydrogen (secondary N) is 3. The first-order valence-electron chi connectivity index (χ1n) is 8.43. The van der Waals surface area contributed by atoms with Crippen LogP contribution in [-0.2, 0) is 14.8 Å². The number of aryl methyl sites for hydroxylation is 1. The molecule has 1 amide bonds. The molecule has 10 heteroatoms. The molecule has 0 spiro atoms. The lowest BCUT2D eigenvalue weighted by Gasteiger charge is -2.09. The summed E-state index contributed by atoms with van der Waals surface area (Å²) in [5.41, 5.74) is 1.88. The Kier molecular flexibility index (Phi) is 5.64. The Balaban J connectivity index is 1.78. The molecule has 0 aliphatic rings. The Labute approximate surface area is 167 Å². The van der Waals surface area contributed by atoms with Crippen molar-refractivity contribution in [2.24, 2.45) is 0 Å². The molecule has 0 radical (unpaired) electrons. The summed E-state index contributed by atoms with van der Waals surface area (Å²) in [6, 6.07) is 12.7. The number of carbonyl (C=O) groups is 2. The molecule has 0 saturated heterocycles. The van der Waals surface area contributed by atoms with Crippen molar-refractivity contribution in [2.75, 3.05) is 17.1 Å². The predicted octanol–water partition coefficient (Wildman–Crippen LogP) is 2.56. The number of benzene rings is 2. The number of anilines is 2. The molecule has 0 atom stereocenters. The summed E-state index contributed by atoms with van der Waals surface area (Å²) in [7, 11) is -2.79. The van der Waals surface area contributed by atoms with Gasteiger partial charge in [-0.25, -0.2) is 4.79 Å². The number of aromatic nitrogens is 2. The number of sulfonamides is 1. The first-order chi connectivity index (χ1) is 13.8. The van der Waals surface area contributed by atoms with Gasteiger partial charge in [-0.15, -0.1) is 0 Å². The minimum Gasteiger partial charge on any atom is -0.465 e. The van der Waals surface area contributed by atoms with Crippen molar-refractivity contribution in [2.45, 2.75) is 11.9 Å². The molecule has 0 aliphatic carbocycles. The van der Waals surface area contributed by atoms with Gasteiger partial charge in [-0.2, -0.15) is 13.5 Å². The summed E-state index contributed by atoms with van der Waals surface area (Å²) in [5.74, 6) is -1.18. The third-order valence-electron chi connectivity index (χ3n) is 3.99. The number of aromatic amines is 1. The Morgan fingerprint density at radius 1 is 1.00 bits per heavy atom. The van der Waals surface area contributed by atoms with Crippen LogP contribution in [0.25, 0.3) is 0 Å². The Morgan fingerprint density at radius 3 is 2.24 bits per heavy atom. The van der Waals surface area contributed by atoms with Crippen molar-refractivity contribution in [3.05, 3.63) is 71.4 Å². The molecule has 29 heavy (non-hydrogen) atoms. The standard InChI is InChI=1S/C19H18N4O5S/c1-12-3-7-15(8-4-12)23-29(26,27)18-16(11-20-22-18)17(24)21-14-9-5-13(6-10-14)19(25)28-2/h3-11,23H,1-2H3,(H,20,22)(H,21,24). The van der Waals surface area contributed by atoms with E-state index in [0.29, 0.717) is 16.9 Å². The minimum atomic E-state index is -4.06. The smallest absolute Gasteiger partial charge is 0.337 e. The van der Waals surface area contributed by atoms with Crippen LogP contribution in [0, 0.1) is 6.92 Å². The monoisotopic (exact) mass is 414 g/mol. The van der Waals surface area contributed by atoms with Crippen LogP contribution < -0.4 is 10.0 Å². The average molecular weight is 414 g/mol. The van der Waals surface area contributed by atoms with E-state index in [9.17, 15) is 18.0 Å². The van der Waals surface area contributed by atoms with Gasteiger partial charge in [0.25, 0.3) is 15.9 Å². The molecule has 0 saturated carbocycles. The van der Waals surface area contributed by atoms with E-state index in [2.05, 4.69) is 25.0 Å². The predicted molar refractivity (Wildman–Crippen MR) is 106 cm³/mol. The minimum absolute atomic E-state index is 0.151. The van der Waals surface area contributed by atoms with Crippen LogP contribution >= 0.6 is 0 Å². The van der Waals surface area contributed by atoms with Crippen molar-refractivity contribution in [1.82, 2.24) is 10.2 Å². The first kappa shape index (κ1) is 20.1. The van der Waals surface area contributed by atoms with Gasteiger partial charge in [-0.1, -0.05) is 17.7 Å². The molecule has 3 aromatic rings. The second-order valence-corrected chi connectivity index (χ2v) is 7.73. The van der Waals surface area contributed by atoms with E-state index in [1.807, 2.05) is 6.92 Å². The maximum absolute atomic E-state index is 12.7. The van der Waals surface area contributed by atoms with Gasteiger partial charge >= 0.3 is 5.97 Å². The molecule has 150 valence electrons. The maximum Gasteiger partial charge on any atom is 0.337 e. The van der Waals surface area contributed by atoms with E-state index < -0.39 is 21.9 Å². The first-order valence-corrected chi connectivity index (χ1v) is 9.91. The van der Waals surface area contributed by atoms with Gasteiger partial charge in [0.1, 0.15) is 0 Å². The number of hydrogen-bond acceptors (Lipinski definition) is 6. The molecule has 9 nitrogen and oxygen atoms in total. The SMILES string of the molecule is COC(=O)c1ccc(NC(=O)c2cn[nH]c2S(=O)(=O)Nc2ccc(C)cc2)cc1. The van der Waals surface area contributed by atoms with Crippen molar-refractivity contribution in [3.63, 3.8) is 0 Å². The van der Waals surface area contributed by atoms with Gasteiger partial charge in [-0.05, 0) is 43.3 Å². The molecule has 0 aliphatic heterocycles. The van der Waals surface area contributed by atoms with Crippen LogP contribution in [0.1, 0.15) is 26.3 Å². The summed E-state index contributed by atoms with van der Waals surface area (Å²) in [6.45, 7) is 1.88. The highest BCUT2D eigenvalue weighted by Gasteiger charge is 2.25. The zero-order valence-corrected chi connectivity index (χ0v) is 16.4. The van der Waals surface area contributed by atoms with Gasteiger partial charge in [-0.3, -0.25) is 14.6 Å². The number of hydrogen-bond donors (Lipinski definition) is 3. The number of carbonyl (C=O) groups excluding carboxylic acids is 2. The van der Waals surface area contributed by atoms with Crippen molar-refractivity contribution < 1.29 is 22.7 Å². The summed E-state index contributed by atoms with van der Waals surface area (Å²) in [4.78, 5) is 24.0. The topological polar surface area (TPSA) is 130 Å². The van der Waals surface area contributed by atoms with E-state index in [0.717, 1.165) is 11.8 Å². The van der Waals surface area contributed by atoms with Gasteiger partial charge < -0.3 is 10.1 Å². The van der Waals surface area contributed by atoms with E-state index in [-0.39, 0.29) is 10.6 Å². The molecular formula is C19H18N4O5S. The van der Waals surface area contributed by atoms with Gasteiger partial charge in [0.2, 0.25) is 0 Å². The number of methoxy groups -OCH3 is 1. The van der Waals surface area contributed by atoms with Gasteiger partial charge in [0.05, 0.1) is 24.4 Å². The van der Waals surface area contributed by atoms with Crippen LogP contribution in [0.2, 0.25) is 0 Å². The summed E-state index contributed by atoms with van der Waals surface area (Å²) >= 11 is 0. The van der Waals surface area contributed by atoms with E-state index in [1.54, 1.807) is 24.3 Å². The fraction of sp³-hybridized carbons (Fsp3) is 0.105. The molecule has 1 aromatic heterocycles. The Bertz CT molecular complexity index is 1140. The fourth-order valence-corrected chi connectivity index (χ4v) is 3.63. The molecule has 0 fully saturated rings. The Morgan fingerprint density at radius 2 is 1.62 bits per heavy atom. The maximum atomic E-state index is 12.7. The zero-order valence-electron chi connectivity index (χ0n) is 15.6. The van der Waals surface area contributed by atoms with E-state index >= 15 is 0 Å². The highest BCUT2D eigenvalue weighted by Crippen LogP contribution is 2.19. The lowest BCUT2D eigenvalue weighted by molar-refractivity contribution is 0.0600. The molecule has 2 aromatic carbocycles. The lowest BCUT2D eigenvalue weighted by Crippen LogP contribution is -2.19. The molecule has 1 heterocycles. The fourth-order valence-electron chi connectivity index (χ4n) is 2.47. The molecule has 0 bridgehead atoms. The van der Waals surface area contributed by atoms with Crippen LogP contribution in [0.5, 0.6) is 0 Å². The highest BCUT2D eigenvalue weighted by atomic mass is 32.2. The van der Waals surface area contributed by atoms with Crippen LogP contribution in [0.4, 0.5) is 11.4 Å². The number of ether oxygens (including phenoxy) is 1. The molecule has 3 rings (SSSR count). The third-order valence-corrected chi connectivity index (χ3v) is 5.34. The molecule has 3 N–H and O–H groups in total. The van der Waals surface area contributed by atoms with Crippen LogP contribution in [-0.4, -0.2) is 37.6 Å². The summed E-state index contributed by atoms with van der Waals surface area (Å²) in [6.07, 6.45) is 1.13. The number of H-pyrrole nitrogens is 1. The second kappa shape index (κ2) is 8.15. The van der Waals surface area contributed by atoms with Gasteiger partial charge in [0, 0.05) is 11.4 Å². The number of esters is 1. The third kappa shape index (κ3) is 4.61.